The van der Waals surface area contributed by atoms with Gasteiger partial charge in [0.15, 0.2) is 0 Å². The van der Waals surface area contributed by atoms with Gasteiger partial charge in [0.2, 0.25) is 0 Å². The van der Waals surface area contributed by atoms with Crippen molar-refractivity contribution < 1.29 is 13.2 Å². The molecule has 1 aliphatic carbocycles. The number of hydrogen-bond donors (Lipinski definition) is 2. The first kappa shape index (κ1) is 20.6. The maximum absolute atomic E-state index is 13.1. The molecule has 0 spiro atoms. The van der Waals surface area contributed by atoms with Gasteiger partial charge in [-0.1, -0.05) is 42.5 Å². The molecule has 0 saturated heterocycles. The summed E-state index contributed by atoms with van der Waals surface area (Å²) >= 11 is 0. The number of anilines is 2. The van der Waals surface area contributed by atoms with Crippen LogP contribution in [0, 0.1) is 5.92 Å². The standard InChI is InChI=1S/C26H26N2O3S/c1-2-31-20-13-11-19(12-14-20)28-32(29,30)21-15-16-25-24(17-21)22-9-6-10-23(22)26(27-25)18-7-4-3-5-8-18/h3-9,11-17,22-23,26-28H,2,10H2,1H3. The lowest BCUT2D eigenvalue weighted by molar-refractivity contribution is 0.340. The fourth-order valence-corrected chi connectivity index (χ4v) is 5.82. The lowest BCUT2D eigenvalue weighted by Crippen LogP contribution is -2.29. The van der Waals surface area contributed by atoms with Gasteiger partial charge in [0.05, 0.1) is 17.5 Å². The summed E-state index contributed by atoms with van der Waals surface area (Å²) in [6.45, 7) is 2.48. The van der Waals surface area contributed by atoms with Crippen LogP contribution in [-0.2, 0) is 10.0 Å². The van der Waals surface area contributed by atoms with Crippen molar-refractivity contribution >= 4 is 21.4 Å². The number of rotatable bonds is 6. The van der Waals surface area contributed by atoms with Crippen molar-refractivity contribution in [2.24, 2.45) is 5.92 Å². The number of hydrogen-bond acceptors (Lipinski definition) is 4. The second-order valence-corrected chi connectivity index (χ2v) is 9.88. The summed E-state index contributed by atoms with van der Waals surface area (Å²) in [7, 11) is -3.71. The van der Waals surface area contributed by atoms with Crippen molar-refractivity contribution in [3.8, 4) is 5.75 Å². The summed E-state index contributed by atoms with van der Waals surface area (Å²) < 4.78 is 34.3. The van der Waals surface area contributed by atoms with E-state index in [2.05, 4.69) is 46.5 Å². The van der Waals surface area contributed by atoms with Crippen LogP contribution in [0.2, 0.25) is 0 Å². The molecule has 2 aliphatic rings. The van der Waals surface area contributed by atoms with Gasteiger partial charge in [-0.2, -0.15) is 0 Å². The normalized spacial score (nSPS) is 21.3. The smallest absolute Gasteiger partial charge is 0.261 e. The van der Waals surface area contributed by atoms with E-state index in [-0.39, 0.29) is 16.9 Å². The van der Waals surface area contributed by atoms with Crippen LogP contribution < -0.4 is 14.8 Å². The third kappa shape index (κ3) is 3.86. The van der Waals surface area contributed by atoms with Crippen LogP contribution in [-0.4, -0.2) is 15.0 Å². The molecule has 164 valence electrons. The largest absolute Gasteiger partial charge is 0.494 e. The molecule has 1 aliphatic heterocycles. The van der Waals surface area contributed by atoms with Gasteiger partial charge in [-0.15, -0.1) is 0 Å². The van der Waals surface area contributed by atoms with Crippen molar-refractivity contribution in [1.29, 1.82) is 0 Å². The number of ether oxygens (including phenoxy) is 1. The molecule has 0 bridgehead atoms. The summed E-state index contributed by atoms with van der Waals surface area (Å²) in [5.41, 5.74) is 3.79. The minimum atomic E-state index is -3.71. The van der Waals surface area contributed by atoms with Gasteiger partial charge >= 0.3 is 0 Å². The summed E-state index contributed by atoms with van der Waals surface area (Å²) in [6.07, 6.45) is 5.40. The number of sulfonamides is 1. The van der Waals surface area contributed by atoms with Crippen molar-refractivity contribution in [3.63, 3.8) is 0 Å². The zero-order chi connectivity index (χ0) is 22.1. The molecule has 0 saturated carbocycles. The van der Waals surface area contributed by atoms with Gasteiger partial charge in [0, 0.05) is 17.3 Å². The fraction of sp³-hybridized carbons (Fsp3) is 0.231. The molecule has 5 rings (SSSR count). The number of benzene rings is 3. The van der Waals surface area contributed by atoms with E-state index in [9.17, 15) is 8.42 Å². The van der Waals surface area contributed by atoms with Crippen molar-refractivity contribution in [1.82, 2.24) is 0 Å². The Morgan fingerprint density at radius 3 is 2.56 bits per heavy atom. The van der Waals surface area contributed by atoms with Crippen molar-refractivity contribution in [3.05, 3.63) is 96.1 Å². The Balaban J connectivity index is 1.43. The Bertz CT molecular complexity index is 1240. The summed E-state index contributed by atoms with van der Waals surface area (Å²) in [5.74, 6) is 1.27. The minimum absolute atomic E-state index is 0.192. The number of allylic oxidation sites excluding steroid dienone is 2. The highest BCUT2D eigenvalue weighted by Crippen LogP contribution is 2.50. The van der Waals surface area contributed by atoms with E-state index in [1.807, 2.05) is 25.1 Å². The van der Waals surface area contributed by atoms with E-state index < -0.39 is 10.0 Å². The van der Waals surface area contributed by atoms with Crippen LogP contribution in [0.15, 0.2) is 89.8 Å². The molecule has 1 heterocycles. The molecule has 0 amide bonds. The van der Waals surface area contributed by atoms with Crippen LogP contribution in [0.3, 0.4) is 0 Å². The first-order valence-electron chi connectivity index (χ1n) is 10.9. The molecule has 3 atom stereocenters. The average molecular weight is 447 g/mol. The molecule has 0 aromatic heterocycles. The highest BCUT2D eigenvalue weighted by atomic mass is 32.2. The van der Waals surface area contributed by atoms with Crippen LogP contribution in [0.1, 0.15) is 36.4 Å². The third-order valence-electron chi connectivity index (χ3n) is 6.22. The van der Waals surface area contributed by atoms with Gasteiger partial charge in [0.1, 0.15) is 5.75 Å². The fourth-order valence-electron chi connectivity index (χ4n) is 4.73. The average Bonchev–Trinajstić information content (AvgIpc) is 3.30. The number of fused-ring (bicyclic) bond motifs is 3. The predicted octanol–water partition coefficient (Wildman–Crippen LogP) is 5.71. The van der Waals surface area contributed by atoms with E-state index in [0.29, 0.717) is 24.0 Å². The van der Waals surface area contributed by atoms with Gasteiger partial charge in [0.25, 0.3) is 10.0 Å². The van der Waals surface area contributed by atoms with E-state index in [4.69, 9.17) is 4.74 Å². The van der Waals surface area contributed by atoms with E-state index >= 15 is 0 Å². The maximum Gasteiger partial charge on any atom is 0.261 e. The maximum atomic E-state index is 13.1. The Labute approximate surface area is 189 Å². The number of nitrogens with one attached hydrogen (secondary N) is 2. The molecule has 0 fully saturated rings. The molecule has 3 aromatic carbocycles. The second-order valence-electron chi connectivity index (χ2n) is 8.20. The zero-order valence-corrected chi connectivity index (χ0v) is 18.7. The Hall–Kier alpha value is -3.25. The third-order valence-corrected chi connectivity index (χ3v) is 7.60. The molecular weight excluding hydrogens is 420 g/mol. The summed E-state index contributed by atoms with van der Waals surface area (Å²) in [5, 5.41) is 3.66. The minimum Gasteiger partial charge on any atom is -0.494 e. The van der Waals surface area contributed by atoms with Gasteiger partial charge in [-0.3, -0.25) is 4.72 Å². The Morgan fingerprint density at radius 1 is 1.03 bits per heavy atom. The van der Waals surface area contributed by atoms with Gasteiger partial charge in [-0.25, -0.2) is 8.42 Å². The Kier molecular flexibility index (Phi) is 5.39. The van der Waals surface area contributed by atoms with E-state index in [0.717, 1.165) is 17.7 Å². The monoisotopic (exact) mass is 446 g/mol. The molecule has 6 heteroatoms. The summed E-state index contributed by atoms with van der Waals surface area (Å²) in [4.78, 5) is 0.268. The molecule has 3 unspecified atom stereocenters. The van der Waals surface area contributed by atoms with Gasteiger partial charge in [-0.05, 0) is 72.9 Å². The molecule has 0 radical (unpaired) electrons. The second kappa shape index (κ2) is 8.36. The van der Waals surface area contributed by atoms with Gasteiger partial charge < -0.3 is 10.1 Å². The molecule has 3 aromatic rings. The first-order chi connectivity index (χ1) is 15.5. The van der Waals surface area contributed by atoms with Crippen molar-refractivity contribution in [2.45, 2.75) is 30.2 Å². The van der Waals surface area contributed by atoms with Crippen LogP contribution in [0.4, 0.5) is 11.4 Å². The van der Waals surface area contributed by atoms with Crippen molar-refractivity contribution in [2.75, 3.05) is 16.6 Å². The molecule has 5 nitrogen and oxygen atoms in total. The molecular formula is C26H26N2O3S. The Morgan fingerprint density at radius 2 is 1.81 bits per heavy atom. The van der Waals surface area contributed by atoms with E-state index in [1.165, 1.54) is 5.56 Å². The topological polar surface area (TPSA) is 67.4 Å². The SMILES string of the molecule is CCOc1ccc(NS(=O)(=O)c2ccc3c(c2)C2C=CCC2C(c2ccccc2)N3)cc1. The summed E-state index contributed by atoms with van der Waals surface area (Å²) in [6, 6.07) is 23.0. The van der Waals surface area contributed by atoms with Crippen LogP contribution >= 0.6 is 0 Å². The quantitative estimate of drug-likeness (QED) is 0.476. The van der Waals surface area contributed by atoms with E-state index in [1.54, 1.807) is 30.3 Å². The zero-order valence-electron chi connectivity index (χ0n) is 17.9. The highest BCUT2D eigenvalue weighted by molar-refractivity contribution is 7.92. The van der Waals surface area contributed by atoms with Crippen LogP contribution in [0.25, 0.3) is 0 Å². The first-order valence-corrected chi connectivity index (χ1v) is 12.4. The lowest BCUT2D eigenvalue weighted by atomic mass is 9.77. The highest BCUT2D eigenvalue weighted by Gasteiger charge is 2.38. The predicted molar refractivity (Wildman–Crippen MR) is 128 cm³/mol. The van der Waals surface area contributed by atoms with Crippen LogP contribution in [0.5, 0.6) is 5.75 Å². The lowest BCUT2D eigenvalue weighted by Gasteiger charge is -2.37. The molecule has 32 heavy (non-hydrogen) atoms. The molecule has 2 N–H and O–H groups in total.